The van der Waals surface area contributed by atoms with Crippen LogP contribution in [-0.4, -0.2) is 40.6 Å². The Bertz CT molecular complexity index is 1040. The third-order valence-corrected chi connectivity index (χ3v) is 6.30. The van der Waals surface area contributed by atoms with Crippen molar-refractivity contribution in [2.45, 2.75) is 25.7 Å². The van der Waals surface area contributed by atoms with Crippen LogP contribution in [0.2, 0.25) is 0 Å². The predicted octanol–water partition coefficient (Wildman–Crippen LogP) is 3.92. The highest BCUT2D eigenvalue weighted by Gasteiger charge is 2.31. The van der Waals surface area contributed by atoms with Crippen molar-refractivity contribution in [1.29, 1.82) is 0 Å². The Balaban J connectivity index is 1.36. The number of methoxy groups -OCH3 is 1. The number of thioether (sulfide) groups is 1. The summed E-state index contributed by atoms with van der Waals surface area (Å²) in [5, 5.41) is 0. The lowest BCUT2D eigenvalue weighted by atomic mass is 10.1. The van der Waals surface area contributed by atoms with E-state index in [4.69, 9.17) is 17.0 Å². The number of amides is 3. The standard InChI is InChI=1S/C24H25N3O4S2/c1-31-19-13-11-17(12-14-19)16-20-23(30)27(24(32)33-20)15-7-3-6-10-21(28)25-26-22(29)18-8-4-2-5-9-18/h2,4-5,8-9,11-14,16H,3,6-7,10,15H2,1H3,(H,25,28)(H,26,29). The molecular weight excluding hydrogens is 458 g/mol. The molecule has 1 heterocycles. The summed E-state index contributed by atoms with van der Waals surface area (Å²) in [6, 6.07) is 16.1. The number of ether oxygens (including phenoxy) is 1. The highest BCUT2D eigenvalue weighted by Crippen LogP contribution is 2.33. The van der Waals surface area contributed by atoms with E-state index < -0.39 is 0 Å². The van der Waals surface area contributed by atoms with Crippen molar-refractivity contribution in [1.82, 2.24) is 15.8 Å². The molecule has 9 heteroatoms. The van der Waals surface area contributed by atoms with Crippen LogP contribution in [0, 0.1) is 0 Å². The minimum atomic E-state index is -0.360. The average Bonchev–Trinajstić information content (AvgIpc) is 3.10. The van der Waals surface area contributed by atoms with Gasteiger partial charge in [-0.05, 0) is 48.7 Å². The van der Waals surface area contributed by atoms with Crippen molar-refractivity contribution >= 4 is 52.1 Å². The van der Waals surface area contributed by atoms with E-state index in [1.807, 2.05) is 36.4 Å². The maximum absolute atomic E-state index is 12.7. The first kappa shape index (κ1) is 24.5. The SMILES string of the molecule is COc1ccc(C=C2SC(=S)N(CCCCCC(=O)NNC(=O)c3ccccc3)C2=O)cc1. The summed E-state index contributed by atoms with van der Waals surface area (Å²) in [6.45, 7) is 0.511. The molecule has 1 fully saturated rings. The summed E-state index contributed by atoms with van der Waals surface area (Å²) in [7, 11) is 1.61. The molecular formula is C24H25N3O4S2. The van der Waals surface area contributed by atoms with Crippen LogP contribution in [0.1, 0.15) is 41.6 Å². The summed E-state index contributed by atoms with van der Waals surface area (Å²) in [6.07, 6.45) is 4.24. The van der Waals surface area contributed by atoms with Gasteiger partial charge in [0, 0.05) is 18.5 Å². The number of carbonyl (C=O) groups is 3. The largest absolute Gasteiger partial charge is 0.497 e. The molecule has 172 valence electrons. The highest BCUT2D eigenvalue weighted by atomic mass is 32.2. The van der Waals surface area contributed by atoms with Crippen molar-refractivity contribution in [2.24, 2.45) is 0 Å². The number of hydrogen-bond donors (Lipinski definition) is 2. The molecule has 2 aromatic rings. The summed E-state index contributed by atoms with van der Waals surface area (Å²) in [4.78, 5) is 38.8. The van der Waals surface area contributed by atoms with Crippen molar-refractivity contribution in [3.8, 4) is 5.75 Å². The molecule has 0 radical (unpaired) electrons. The average molecular weight is 484 g/mol. The van der Waals surface area contributed by atoms with E-state index >= 15 is 0 Å². The van der Waals surface area contributed by atoms with Crippen LogP contribution in [0.15, 0.2) is 59.5 Å². The van der Waals surface area contributed by atoms with Gasteiger partial charge in [0.15, 0.2) is 0 Å². The Morgan fingerprint density at radius 3 is 2.45 bits per heavy atom. The molecule has 0 saturated carbocycles. The molecule has 1 saturated heterocycles. The molecule has 0 unspecified atom stereocenters. The van der Waals surface area contributed by atoms with E-state index in [1.165, 1.54) is 11.8 Å². The number of thiocarbonyl (C=S) groups is 1. The fourth-order valence-corrected chi connectivity index (χ4v) is 4.44. The first-order valence-electron chi connectivity index (χ1n) is 10.5. The zero-order valence-corrected chi connectivity index (χ0v) is 19.8. The van der Waals surface area contributed by atoms with Gasteiger partial charge in [0.1, 0.15) is 10.1 Å². The Kier molecular flexibility index (Phi) is 9.03. The van der Waals surface area contributed by atoms with Gasteiger partial charge in [-0.25, -0.2) is 0 Å². The maximum atomic E-state index is 12.7. The zero-order valence-electron chi connectivity index (χ0n) is 18.2. The van der Waals surface area contributed by atoms with Gasteiger partial charge in [-0.1, -0.05) is 60.7 Å². The fraction of sp³-hybridized carbons (Fsp3) is 0.250. The van der Waals surface area contributed by atoms with Gasteiger partial charge in [0.05, 0.1) is 12.0 Å². The van der Waals surface area contributed by atoms with Crippen LogP contribution < -0.4 is 15.6 Å². The molecule has 0 aliphatic carbocycles. The summed E-state index contributed by atoms with van der Waals surface area (Å²) in [5.41, 5.74) is 6.20. The molecule has 1 aliphatic rings. The number of nitrogens with zero attached hydrogens (tertiary/aromatic N) is 1. The third-order valence-electron chi connectivity index (χ3n) is 4.92. The van der Waals surface area contributed by atoms with Crippen LogP contribution in [-0.2, 0) is 9.59 Å². The molecule has 33 heavy (non-hydrogen) atoms. The van der Waals surface area contributed by atoms with Crippen molar-refractivity contribution in [3.05, 3.63) is 70.6 Å². The van der Waals surface area contributed by atoms with E-state index in [1.54, 1.807) is 36.3 Å². The molecule has 0 bridgehead atoms. The van der Waals surface area contributed by atoms with Crippen LogP contribution in [0.4, 0.5) is 0 Å². The van der Waals surface area contributed by atoms with Gasteiger partial charge in [0.2, 0.25) is 5.91 Å². The highest BCUT2D eigenvalue weighted by molar-refractivity contribution is 8.26. The van der Waals surface area contributed by atoms with E-state index in [9.17, 15) is 14.4 Å². The Morgan fingerprint density at radius 1 is 1.03 bits per heavy atom. The second-order valence-electron chi connectivity index (χ2n) is 7.29. The second kappa shape index (κ2) is 12.2. The van der Waals surface area contributed by atoms with E-state index in [0.29, 0.717) is 27.8 Å². The van der Waals surface area contributed by atoms with Gasteiger partial charge in [0.25, 0.3) is 11.8 Å². The van der Waals surface area contributed by atoms with E-state index in [2.05, 4.69) is 10.9 Å². The normalized spacial score (nSPS) is 14.5. The molecule has 1 aliphatic heterocycles. The van der Waals surface area contributed by atoms with E-state index in [0.717, 1.165) is 24.2 Å². The minimum absolute atomic E-state index is 0.0952. The second-order valence-corrected chi connectivity index (χ2v) is 8.96. The molecule has 3 rings (SSSR count). The van der Waals surface area contributed by atoms with Crippen LogP contribution in [0.3, 0.4) is 0 Å². The fourth-order valence-electron chi connectivity index (χ4n) is 3.13. The number of hydrogen-bond acceptors (Lipinski definition) is 6. The quantitative estimate of drug-likeness (QED) is 0.243. The van der Waals surface area contributed by atoms with Gasteiger partial charge < -0.3 is 4.74 Å². The van der Waals surface area contributed by atoms with Crippen molar-refractivity contribution in [2.75, 3.05) is 13.7 Å². The van der Waals surface area contributed by atoms with Gasteiger partial charge >= 0.3 is 0 Å². The molecule has 0 atom stereocenters. The molecule has 2 aromatic carbocycles. The molecule has 7 nitrogen and oxygen atoms in total. The third kappa shape index (κ3) is 7.16. The number of hydrazine groups is 1. The Labute approximate surface area is 202 Å². The number of unbranched alkanes of at least 4 members (excludes halogenated alkanes) is 2. The summed E-state index contributed by atoms with van der Waals surface area (Å²) in [5.74, 6) is 0.0439. The first-order chi connectivity index (χ1) is 16.0. The summed E-state index contributed by atoms with van der Waals surface area (Å²) >= 11 is 6.67. The smallest absolute Gasteiger partial charge is 0.269 e. The predicted molar refractivity (Wildman–Crippen MR) is 133 cm³/mol. The monoisotopic (exact) mass is 483 g/mol. The van der Waals surface area contributed by atoms with Crippen LogP contribution in [0.5, 0.6) is 5.75 Å². The van der Waals surface area contributed by atoms with Gasteiger partial charge in [-0.15, -0.1) is 0 Å². The first-order valence-corrected chi connectivity index (χ1v) is 11.7. The Hall–Kier alpha value is -3.17. The lowest BCUT2D eigenvalue weighted by Crippen LogP contribution is -2.41. The minimum Gasteiger partial charge on any atom is -0.497 e. The summed E-state index contributed by atoms with van der Waals surface area (Å²) < 4.78 is 5.69. The van der Waals surface area contributed by atoms with Crippen molar-refractivity contribution in [3.63, 3.8) is 0 Å². The number of nitrogens with one attached hydrogen (secondary N) is 2. The molecule has 2 N–H and O–H groups in total. The van der Waals surface area contributed by atoms with Crippen LogP contribution >= 0.6 is 24.0 Å². The molecule has 0 spiro atoms. The van der Waals surface area contributed by atoms with Gasteiger partial charge in [-0.3, -0.25) is 30.1 Å². The number of rotatable bonds is 9. The zero-order chi connectivity index (χ0) is 23.6. The molecule has 3 amide bonds. The van der Waals surface area contributed by atoms with Gasteiger partial charge in [-0.2, -0.15) is 0 Å². The number of benzene rings is 2. The number of carbonyl (C=O) groups excluding carboxylic acids is 3. The van der Waals surface area contributed by atoms with Crippen molar-refractivity contribution < 1.29 is 19.1 Å². The Morgan fingerprint density at radius 2 is 1.76 bits per heavy atom. The molecule has 0 aromatic heterocycles. The van der Waals surface area contributed by atoms with Crippen LogP contribution in [0.25, 0.3) is 6.08 Å². The van der Waals surface area contributed by atoms with E-state index in [-0.39, 0.29) is 24.1 Å². The topological polar surface area (TPSA) is 87.7 Å². The maximum Gasteiger partial charge on any atom is 0.269 e. The lowest BCUT2D eigenvalue weighted by molar-refractivity contribution is -0.123. The lowest BCUT2D eigenvalue weighted by Gasteiger charge is -2.14.